The molecule has 0 saturated heterocycles. The molecule has 1 heterocycles. The predicted octanol–water partition coefficient (Wildman–Crippen LogP) is 3.63. The molecule has 3 rings (SSSR count). The second-order valence-corrected chi connectivity index (χ2v) is 6.65. The second-order valence-electron chi connectivity index (χ2n) is 5.20. The molecule has 1 atom stereocenters. The molecular weight excluding hydrogens is 315 g/mol. The molecule has 0 fully saturated rings. The molecule has 3 aromatic rings. The molecule has 0 amide bonds. The zero-order valence-electron chi connectivity index (χ0n) is 12.5. The Morgan fingerprint density at radius 1 is 1.09 bits per heavy atom. The summed E-state index contributed by atoms with van der Waals surface area (Å²) in [5, 5.41) is 3.90. The summed E-state index contributed by atoms with van der Waals surface area (Å²) in [5.41, 5.74) is 2.40. The molecule has 1 aromatic heterocycles. The van der Waals surface area contributed by atoms with Gasteiger partial charge in [0.05, 0.1) is 5.75 Å². The summed E-state index contributed by atoms with van der Waals surface area (Å²) in [6.07, 6.45) is 0. The number of benzene rings is 2. The Morgan fingerprint density at radius 2 is 1.83 bits per heavy atom. The highest BCUT2D eigenvalue weighted by molar-refractivity contribution is 7.83. The topological polar surface area (TPSA) is 56.0 Å². The Hall–Kier alpha value is -2.34. The first kappa shape index (κ1) is 15.6. The standard InChI is InChI=1S/C17H15FN2O2S/c1-12-6-8-13(9-7-12)17-19-16(22-20-17)11-23(21)10-14-4-2-3-5-15(14)18/h2-9H,10-11H2,1H3. The molecule has 118 valence electrons. The smallest absolute Gasteiger partial charge is 0.239 e. The van der Waals surface area contributed by atoms with E-state index in [-0.39, 0.29) is 23.2 Å². The fraction of sp³-hybridized carbons (Fsp3) is 0.176. The van der Waals surface area contributed by atoms with Crippen LogP contribution >= 0.6 is 0 Å². The number of hydrogen-bond acceptors (Lipinski definition) is 4. The largest absolute Gasteiger partial charge is 0.338 e. The Balaban J connectivity index is 1.68. The summed E-state index contributed by atoms with van der Waals surface area (Å²) in [4.78, 5) is 4.25. The molecule has 0 spiro atoms. The summed E-state index contributed by atoms with van der Waals surface area (Å²) < 4.78 is 30.8. The Morgan fingerprint density at radius 3 is 2.57 bits per heavy atom. The number of aromatic nitrogens is 2. The van der Waals surface area contributed by atoms with Crippen LogP contribution in [-0.2, 0) is 22.3 Å². The molecule has 0 bridgehead atoms. The van der Waals surface area contributed by atoms with Gasteiger partial charge in [0, 0.05) is 21.9 Å². The first-order chi connectivity index (χ1) is 11.1. The van der Waals surface area contributed by atoms with Gasteiger partial charge in [-0.15, -0.1) is 0 Å². The van der Waals surface area contributed by atoms with E-state index in [1.54, 1.807) is 18.2 Å². The second kappa shape index (κ2) is 6.83. The zero-order chi connectivity index (χ0) is 16.2. The van der Waals surface area contributed by atoms with Crippen molar-refractivity contribution in [2.75, 3.05) is 0 Å². The first-order valence-electron chi connectivity index (χ1n) is 7.10. The lowest BCUT2D eigenvalue weighted by Crippen LogP contribution is -2.01. The van der Waals surface area contributed by atoms with E-state index in [0.717, 1.165) is 11.1 Å². The molecular formula is C17H15FN2O2S. The van der Waals surface area contributed by atoms with Crippen molar-refractivity contribution in [2.45, 2.75) is 18.4 Å². The molecule has 0 aliphatic carbocycles. The van der Waals surface area contributed by atoms with Gasteiger partial charge in [0.1, 0.15) is 11.6 Å². The minimum Gasteiger partial charge on any atom is -0.338 e. The third kappa shape index (κ3) is 3.90. The predicted molar refractivity (Wildman–Crippen MR) is 86.4 cm³/mol. The van der Waals surface area contributed by atoms with Crippen LogP contribution in [0.1, 0.15) is 17.0 Å². The highest BCUT2D eigenvalue weighted by Gasteiger charge is 2.13. The van der Waals surface area contributed by atoms with Crippen LogP contribution in [0.3, 0.4) is 0 Å². The number of aryl methyl sites for hydroxylation is 1. The van der Waals surface area contributed by atoms with Crippen LogP contribution in [0.15, 0.2) is 53.1 Å². The Labute approximate surface area is 135 Å². The Kier molecular flexibility index (Phi) is 4.62. The van der Waals surface area contributed by atoms with E-state index in [1.165, 1.54) is 6.07 Å². The van der Waals surface area contributed by atoms with Crippen molar-refractivity contribution in [1.82, 2.24) is 10.1 Å². The first-order valence-corrected chi connectivity index (χ1v) is 8.58. The van der Waals surface area contributed by atoms with Crippen molar-refractivity contribution in [3.63, 3.8) is 0 Å². The molecule has 0 aliphatic rings. The highest BCUT2D eigenvalue weighted by Crippen LogP contribution is 2.17. The number of hydrogen-bond donors (Lipinski definition) is 0. The third-order valence-corrected chi connectivity index (χ3v) is 4.54. The normalized spacial score (nSPS) is 12.3. The molecule has 4 nitrogen and oxygen atoms in total. The van der Waals surface area contributed by atoms with Gasteiger partial charge in [0.25, 0.3) is 0 Å². The summed E-state index contributed by atoms with van der Waals surface area (Å²) in [5.74, 6) is 0.618. The maximum absolute atomic E-state index is 13.6. The SMILES string of the molecule is Cc1ccc(-c2noc(CS(=O)Cc3ccccc3F)n2)cc1. The van der Waals surface area contributed by atoms with Crippen molar-refractivity contribution >= 4 is 10.8 Å². The summed E-state index contributed by atoms with van der Waals surface area (Å²) in [6.45, 7) is 2.00. The average molecular weight is 330 g/mol. The van der Waals surface area contributed by atoms with Crippen LogP contribution in [0.4, 0.5) is 4.39 Å². The number of nitrogens with zero attached hydrogens (tertiary/aromatic N) is 2. The number of halogens is 1. The van der Waals surface area contributed by atoms with Crippen molar-refractivity contribution in [3.8, 4) is 11.4 Å². The van der Waals surface area contributed by atoms with Gasteiger partial charge in [-0.25, -0.2) is 4.39 Å². The fourth-order valence-electron chi connectivity index (χ4n) is 2.11. The quantitative estimate of drug-likeness (QED) is 0.717. The molecule has 0 N–H and O–H groups in total. The maximum atomic E-state index is 13.6. The van der Waals surface area contributed by atoms with Crippen molar-refractivity contribution in [2.24, 2.45) is 0 Å². The molecule has 2 aromatic carbocycles. The third-order valence-electron chi connectivity index (χ3n) is 3.34. The molecule has 0 saturated carbocycles. The van der Waals surface area contributed by atoms with E-state index in [1.807, 2.05) is 31.2 Å². The summed E-state index contributed by atoms with van der Waals surface area (Å²) in [7, 11) is -1.32. The summed E-state index contributed by atoms with van der Waals surface area (Å²) in [6, 6.07) is 14.0. The van der Waals surface area contributed by atoms with E-state index in [4.69, 9.17) is 4.52 Å². The fourth-order valence-corrected chi connectivity index (χ4v) is 3.19. The minimum atomic E-state index is -1.32. The van der Waals surface area contributed by atoms with Gasteiger partial charge in [-0.05, 0) is 13.0 Å². The van der Waals surface area contributed by atoms with Crippen LogP contribution < -0.4 is 0 Å². The van der Waals surface area contributed by atoms with Crippen LogP contribution in [0.5, 0.6) is 0 Å². The van der Waals surface area contributed by atoms with Crippen LogP contribution in [0.2, 0.25) is 0 Å². The van der Waals surface area contributed by atoms with Gasteiger partial charge in [-0.2, -0.15) is 4.98 Å². The minimum absolute atomic E-state index is 0.104. The van der Waals surface area contributed by atoms with E-state index in [0.29, 0.717) is 11.4 Å². The van der Waals surface area contributed by atoms with Crippen LogP contribution in [0.25, 0.3) is 11.4 Å². The highest BCUT2D eigenvalue weighted by atomic mass is 32.2. The average Bonchev–Trinajstić information content (AvgIpc) is 2.98. The lowest BCUT2D eigenvalue weighted by Gasteiger charge is -2.01. The van der Waals surface area contributed by atoms with Crippen LogP contribution in [0, 0.1) is 12.7 Å². The van der Waals surface area contributed by atoms with E-state index < -0.39 is 10.8 Å². The van der Waals surface area contributed by atoms with Gasteiger partial charge < -0.3 is 4.52 Å². The molecule has 6 heteroatoms. The Bertz CT molecular complexity index is 831. The maximum Gasteiger partial charge on any atom is 0.239 e. The van der Waals surface area contributed by atoms with E-state index in [9.17, 15) is 8.60 Å². The zero-order valence-corrected chi connectivity index (χ0v) is 13.3. The lowest BCUT2D eigenvalue weighted by molar-refractivity contribution is 0.390. The molecule has 23 heavy (non-hydrogen) atoms. The van der Waals surface area contributed by atoms with Gasteiger partial charge in [-0.3, -0.25) is 4.21 Å². The van der Waals surface area contributed by atoms with Gasteiger partial charge in [0.2, 0.25) is 11.7 Å². The van der Waals surface area contributed by atoms with Gasteiger partial charge in [0.15, 0.2) is 0 Å². The summed E-state index contributed by atoms with van der Waals surface area (Å²) >= 11 is 0. The van der Waals surface area contributed by atoms with Gasteiger partial charge >= 0.3 is 0 Å². The van der Waals surface area contributed by atoms with Crippen LogP contribution in [-0.4, -0.2) is 14.3 Å². The molecule has 1 unspecified atom stereocenters. The van der Waals surface area contributed by atoms with Crippen molar-refractivity contribution < 1.29 is 13.1 Å². The molecule has 0 radical (unpaired) electrons. The number of rotatable bonds is 5. The molecule has 0 aliphatic heterocycles. The van der Waals surface area contributed by atoms with E-state index in [2.05, 4.69) is 10.1 Å². The monoisotopic (exact) mass is 330 g/mol. The van der Waals surface area contributed by atoms with E-state index >= 15 is 0 Å². The van der Waals surface area contributed by atoms with Crippen molar-refractivity contribution in [1.29, 1.82) is 0 Å². The van der Waals surface area contributed by atoms with Gasteiger partial charge in [-0.1, -0.05) is 53.2 Å². The van der Waals surface area contributed by atoms with Crippen molar-refractivity contribution in [3.05, 3.63) is 71.4 Å². The lowest BCUT2D eigenvalue weighted by atomic mass is 10.1.